The monoisotopic (exact) mass is 689 g/mol. The summed E-state index contributed by atoms with van der Waals surface area (Å²) in [6, 6.07) is -1.44. The van der Waals surface area contributed by atoms with Gasteiger partial charge in [-0.25, -0.2) is 29.2 Å². The first kappa shape index (κ1) is 32.5. The molecule has 3 aromatic heterocycles. The number of H-pyrrole nitrogens is 1. The number of rotatable bonds is 4. The second-order valence-electron chi connectivity index (χ2n) is 10.2. The Hall–Kier alpha value is -3.44. The molecule has 0 spiro atoms. The van der Waals surface area contributed by atoms with Crippen molar-refractivity contribution in [2.45, 2.75) is 55.9 Å². The Morgan fingerprint density at radius 3 is 2.63 bits per heavy atom. The summed E-state index contributed by atoms with van der Waals surface area (Å²) in [5, 5.41) is 27.2. The van der Waals surface area contributed by atoms with Gasteiger partial charge >= 0.3 is 15.6 Å². The lowest BCUT2D eigenvalue weighted by Gasteiger charge is -2.26. The molecule has 23 nitrogen and oxygen atoms in total. The molecule has 0 aromatic carbocycles. The fourth-order valence-corrected chi connectivity index (χ4v) is 7.20. The van der Waals surface area contributed by atoms with Crippen molar-refractivity contribution in [1.82, 2.24) is 34.6 Å². The van der Waals surface area contributed by atoms with Crippen molar-refractivity contribution in [2.24, 2.45) is 4.99 Å². The maximum absolute atomic E-state index is 13.2. The van der Waals surface area contributed by atoms with E-state index >= 15 is 0 Å². The molecule has 3 aliphatic heterocycles. The predicted octanol–water partition coefficient (Wildman–Crippen LogP) is -2.16. The van der Waals surface area contributed by atoms with Crippen molar-refractivity contribution >= 4 is 56.2 Å². The van der Waals surface area contributed by atoms with E-state index in [-0.39, 0.29) is 34.4 Å². The molecule has 0 saturated carbocycles. The summed E-state index contributed by atoms with van der Waals surface area (Å²) in [4.78, 5) is 55.9. The zero-order valence-electron chi connectivity index (χ0n) is 23.6. The summed E-state index contributed by atoms with van der Waals surface area (Å²) >= 11 is 0. The summed E-state index contributed by atoms with van der Waals surface area (Å²) in [6.45, 7) is 0.0787. The van der Waals surface area contributed by atoms with Crippen LogP contribution in [0.2, 0.25) is 0 Å². The predicted molar refractivity (Wildman–Crippen MR) is 154 cm³/mol. The molecule has 25 heteroatoms. The third-order valence-corrected chi connectivity index (χ3v) is 9.32. The number of fused-ring (bicyclic) bond motifs is 4. The van der Waals surface area contributed by atoms with Crippen LogP contribution in [0.1, 0.15) is 13.2 Å². The summed E-state index contributed by atoms with van der Waals surface area (Å²) in [5.74, 6) is -0.229. The summed E-state index contributed by atoms with van der Waals surface area (Å²) in [5.41, 5.74) is 10.7. The van der Waals surface area contributed by atoms with E-state index in [0.29, 0.717) is 0 Å². The number of nitrogens with two attached hydrogens (primary N) is 2. The molecule has 250 valence electrons. The van der Waals surface area contributed by atoms with E-state index in [1.807, 2.05) is 0 Å². The largest absolute Gasteiger partial charge is 0.472 e. The van der Waals surface area contributed by atoms with Gasteiger partial charge in [-0.15, -0.1) is 0 Å². The second kappa shape index (κ2) is 12.3. The number of nitrogens with one attached hydrogen (secondary N) is 3. The molecule has 46 heavy (non-hydrogen) atoms. The van der Waals surface area contributed by atoms with Crippen LogP contribution in [-0.4, -0.2) is 112 Å². The van der Waals surface area contributed by atoms with E-state index in [9.17, 15) is 33.9 Å². The van der Waals surface area contributed by atoms with Gasteiger partial charge in [0.25, 0.3) is 5.56 Å². The maximum atomic E-state index is 13.2. The Bertz CT molecular complexity index is 1810. The molecule has 0 amide bonds. The highest BCUT2D eigenvalue weighted by Crippen LogP contribution is 2.51. The average molecular weight is 689 g/mol. The second-order valence-corrected chi connectivity index (χ2v) is 13.2. The third-order valence-electron chi connectivity index (χ3n) is 7.21. The molecule has 10 unspecified atom stereocenters. The zero-order chi connectivity index (χ0) is 33.0. The normalized spacial score (nSPS) is 37.1. The molecule has 10 atom stereocenters. The molecule has 3 aliphatic rings. The van der Waals surface area contributed by atoms with E-state index in [0.717, 1.165) is 17.2 Å². The number of aromatic amines is 1. The van der Waals surface area contributed by atoms with Crippen molar-refractivity contribution < 1.29 is 52.2 Å². The minimum atomic E-state index is -5.09. The smallest absolute Gasteiger partial charge is 0.387 e. The van der Waals surface area contributed by atoms with Crippen molar-refractivity contribution in [3.8, 4) is 0 Å². The Morgan fingerprint density at radius 2 is 1.87 bits per heavy atom. The van der Waals surface area contributed by atoms with Crippen LogP contribution < -0.4 is 27.4 Å². The minimum absolute atomic E-state index is 0.00538. The fraction of sp³-hybridized carbons (Fsp3) is 0.524. The number of aliphatic imine (C=N–C) groups is 1. The molecule has 0 radical (unpaired) electrons. The topological polar surface area (TPSA) is 339 Å². The molecular weight excluding hydrogens is 660 g/mol. The van der Waals surface area contributed by atoms with Crippen molar-refractivity contribution in [2.75, 3.05) is 30.0 Å². The summed E-state index contributed by atoms with van der Waals surface area (Å²) < 4.78 is 54.8. The number of phosphoric acid groups is 1. The lowest BCUT2D eigenvalue weighted by molar-refractivity contribution is -0.0521. The van der Waals surface area contributed by atoms with Crippen LogP contribution in [0.25, 0.3) is 11.2 Å². The van der Waals surface area contributed by atoms with Gasteiger partial charge in [0.1, 0.15) is 42.5 Å². The SMILES string of the molecule is C/C=N\c1c(N)ncnc1NC1OC2COP(=O)(O)OC3C(O)C(COP(=O)(O)NC2C1O)OC3n1cnc2c(=O)[nH]c(N)nc21. The standard InChI is InChI=1S/C21H29N11O12P2/c1-2-24-10-15(22)25-5-26-16(10)28-19-13(34)9-7(42-19)3-41-46(38,39)44-14-12(33)8(4-40-45(36,37)31-9)43-20(14)32-6-27-11-17(32)29-21(23)30-18(11)35/h2,5-9,12-14,19-20,33-34H,3-4H2,1H3,(H,38,39)(H2,31,36,37)(H3,22,25,26,28)(H3,23,29,30,35)/b24-2-. The van der Waals surface area contributed by atoms with Gasteiger partial charge in [0.2, 0.25) is 5.95 Å². The summed E-state index contributed by atoms with van der Waals surface area (Å²) in [7, 11) is -9.91. The van der Waals surface area contributed by atoms with Gasteiger partial charge in [-0.2, -0.15) is 4.98 Å². The molecule has 6 rings (SSSR count). The number of hydrogen-bond donors (Lipinski definition) is 9. The van der Waals surface area contributed by atoms with E-state index in [4.69, 9.17) is 34.5 Å². The zero-order valence-corrected chi connectivity index (χ0v) is 25.3. The molecular formula is C21H29N11O12P2. The van der Waals surface area contributed by atoms with Gasteiger partial charge in [0.05, 0.1) is 25.6 Å². The molecule has 3 aromatic rings. The highest BCUT2D eigenvalue weighted by molar-refractivity contribution is 7.50. The number of ether oxygens (including phenoxy) is 2. The first-order valence-corrected chi connectivity index (χ1v) is 16.5. The number of phosphoric ester groups is 1. The van der Waals surface area contributed by atoms with Gasteiger partial charge in [-0.05, 0) is 6.92 Å². The van der Waals surface area contributed by atoms with Crippen LogP contribution in [0.3, 0.4) is 0 Å². The minimum Gasteiger partial charge on any atom is -0.387 e. The van der Waals surface area contributed by atoms with Crippen LogP contribution in [0.15, 0.2) is 22.4 Å². The summed E-state index contributed by atoms with van der Waals surface area (Å²) in [6.07, 6.45) is -7.04. The number of aliphatic hydroxyl groups is 2. The van der Waals surface area contributed by atoms with Crippen LogP contribution in [0.5, 0.6) is 0 Å². The maximum Gasteiger partial charge on any atom is 0.472 e. The quantitative estimate of drug-likeness (QED) is 0.104. The lowest BCUT2D eigenvalue weighted by atomic mass is 10.1. The van der Waals surface area contributed by atoms with Crippen molar-refractivity contribution in [3.05, 3.63) is 23.0 Å². The van der Waals surface area contributed by atoms with Gasteiger partial charge in [-0.1, -0.05) is 0 Å². The van der Waals surface area contributed by atoms with Crippen molar-refractivity contribution in [3.63, 3.8) is 0 Å². The number of imidazole rings is 1. The van der Waals surface area contributed by atoms with Gasteiger partial charge in [-0.3, -0.25) is 32.9 Å². The highest BCUT2D eigenvalue weighted by Gasteiger charge is 2.53. The molecule has 2 bridgehead atoms. The number of anilines is 3. The Morgan fingerprint density at radius 1 is 1.11 bits per heavy atom. The van der Waals surface area contributed by atoms with Crippen LogP contribution >= 0.6 is 15.6 Å². The first-order valence-electron chi connectivity index (χ1n) is 13.4. The van der Waals surface area contributed by atoms with E-state index in [2.05, 4.69) is 40.3 Å². The number of nitrogens with zero attached hydrogens (tertiary/aromatic N) is 6. The number of aromatic nitrogens is 6. The van der Waals surface area contributed by atoms with Crippen LogP contribution in [-0.2, 0) is 32.2 Å². The third kappa shape index (κ3) is 6.28. The van der Waals surface area contributed by atoms with Crippen molar-refractivity contribution in [1.29, 1.82) is 0 Å². The first-order chi connectivity index (χ1) is 21.8. The van der Waals surface area contributed by atoms with Gasteiger partial charge < -0.3 is 46.3 Å². The Balaban J connectivity index is 1.29. The van der Waals surface area contributed by atoms with Crippen LogP contribution in [0.4, 0.5) is 23.3 Å². The highest BCUT2D eigenvalue weighted by atomic mass is 31.2. The van der Waals surface area contributed by atoms with E-state index < -0.39 is 83.4 Å². The molecule has 6 heterocycles. The number of hydrogen-bond acceptors (Lipinski definition) is 18. The molecule has 11 N–H and O–H groups in total. The fourth-order valence-electron chi connectivity index (χ4n) is 5.15. The van der Waals surface area contributed by atoms with Crippen LogP contribution in [0, 0.1) is 0 Å². The lowest BCUT2D eigenvalue weighted by Crippen LogP contribution is -2.46. The number of aliphatic hydroxyl groups excluding tert-OH is 2. The van der Waals surface area contributed by atoms with E-state index in [1.54, 1.807) is 6.92 Å². The van der Waals surface area contributed by atoms with Gasteiger partial charge in [0.15, 0.2) is 35.3 Å². The van der Waals surface area contributed by atoms with Gasteiger partial charge in [0, 0.05) is 6.21 Å². The Labute approximate surface area is 257 Å². The average Bonchev–Trinajstić information content (AvgIpc) is 3.62. The molecule has 0 aliphatic carbocycles. The Kier molecular flexibility index (Phi) is 8.69. The molecule has 3 fully saturated rings. The number of nitrogen functional groups attached to an aromatic ring is 2. The molecule has 3 saturated heterocycles. The van der Waals surface area contributed by atoms with E-state index in [1.165, 1.54) is 6.21 Å².